The van der Waals surface area contributed by atoms with Crippen molar-refractivity contribution in [2.24, 2.45) is 0 Å². The summed E-state index contributed by atoms with van der Waals surface area (Å²) < 4.78 is 39.9. The molecule has 0 unspecified atom stereocenters. The molecular weight excluding hydrogens is 369 g/mol. The van der Waals surface area contributed by atoms with E-state index in [1.165, 1.54) is 40.7 Å². The SMILES string of the molecule is N#Cc1ccc(S(=O)(=O)N2CCN(C(=O)Cc3cccc(F)c3)CC2)cc1. The summed E-state index contributed by atoms with van der Waals surface area (Å²) in [5.74, 6) is -0.547. The van der Waals surface area contributed by atoms with Crippen LogP contribution in [0.5, 0.6) is 0 Å². The molecule has 1 amide bonds. The Morgan fingerprint density at radius 3 is 2.33 bits per heavy atom. The number of sulfonamides is 1. The van der Waals surface area contributed by atoms with Gasteiger partial charge in [0.25, 0.3) is 0 Å². The average molecular weight is 387 g/mol. The highest BCUT2D eigenvalue weighted by Gasteiger charge is 2.30. The summed E-state index contributed by atoms with van der Waals surface area (Å²) in [4.78, 5) is 14.1. The van der Waals surface area contributed by atoms with Crippen LogP contribution in [0.1, 0.15) is 11.1 Å². The van der Waals surface area contributed by atoms with Crippen LogP contribution in [0.15, 0.2) is 53.4 Å². The first-order valence-electron chi connectivity index (χ1n) is 8.43. The van der Waals surface area contributed by atoms with Crippen LogP contribution in [0.3, 0.4) is 0 Å². The zero-order valence-corrected chi connectivity index (χ0v) is 15.3. The lowest BCUT2D eigenvalue weighted by molar-refractivity contribution is -0.131. The lowest BCUT2D eigenvalue weighted by Gasteiger charge is -2.34. The van der Waals surface area contributed by atoms with Gasteiger partial charge in [-0.1, -0.05) is 12.1 Å². The fourth-order valence-electron chi connectivity index (χ4n) is 2.96. The number of nitriles is 1. The van der Waals surface area contributed by atoms with Crippen molar-refractivity contribution in [3.63, 3.8) is 0 Å². The molecule has 1 saturated heterocycles. The molecule has 0 N–H and O–H groups in total. The van der Waals surface area contributed by atoms with Gasteiger partial charge < -0.3 is 4.90 Å². The molecule has 1 aliphatic heterocycles. The standard InChI is InChI=1S/C19H18FN3O3S/c20-17-3-1-2-16(12-17)13-19(24)22-8-10-23(11-9-22)27(25,26)18-6-4-15(14-21)5-7-18/h1-7,12H,8-11,13H2. The van der Waals surface area contributed by atoms with Gasteiger partial charge in [0.1, 0.15) is 5.82 Å². The molecule has 27 heavy (non-hydrogen) atoms. The van der Waals surface area contributed by atoms with Gasteiger partial charge in [-0.15, -0.1) is 0 Å². The second-order valence-corrected chi connectivity index (χ2v) is 8.17. The summed E-state index contributed by atoms with van der Waals surface area (Å²) >= 11 is 0. The van der Waals surface area contributed by atoms with Crippen molar-refractivity contribution in [3.05, 3.63) is 65.5 Å². The number of amides is 1. The molecule has 1 heterocycles. The summed E-state index contributed by atoms with van der Waals surface area (Å²) in [5, 5.41) is 8.81. The summed E-state index contributed by atoms with van der Waals surface area (Å²) in [6, 6.07) is 13.6. The van der Waals surface area contributed by atoms with Gasteiger partial charge in [-0.05, 0) is 42.0 Å². The largest absolute Gasteiger partial charge is 0.340 e. The molecule has 1 aliphatic rings. The van der Waals surface area contributed by atoms with Crippen LogP contribution in [0.2, 0.25) is 0 Å². The smallest absolute Gasteiger partial charge is 0.243 e. The quantitative estimate of drug-likeness (QED) is 0.801. The molecule has 0 atom stereocenters. The number of hydrogen-bond donors (Lipinski definition) is 0. The van der Waals surface area contributed by atoms with E-state index in [0.29, 0.717) is 11.1 Å². The molecule has 3 rings (SSSR count). The van der Waals surface area contributed by atoms with Gasteiger partial charge >= 0.3 is 0 Å². The molecular formula is C19H18FN3O3S. The number of benzene rings is 2. The molecule has 1 fully saturated rings. The van der Waals surface area contributed by atoms with E-state index in [1.54, 1.807) is 17.0 Å². The highest BCUT2D eigenvalue weighted by atomic mass is 32.2. The van der Waals surface area contributed by atoms with Crippen molar-refractivity contribution in [2.45, 2.75) is 11.3 Å². The third-order valence-corrected chi connectivity index (χ3v) is 6.37. The van der Waals surface area contributed by atoms with Gasteiger partial charge in [-0.25, -0.2) is 12.8 Å². The molecule has 0 saturated carbocycles. The second-order valence-electron chi connectivity index (χ2n) is 6.23. The van der Waals surface area contributed by atoms with Crippen molar-refractivity contribution in [2.75, 3.05) is 26.2 Å². The summed E-state index contributed by atoms with van der Waals surface area (Å²) in [7, 11) is -3.66. The normalized spacial score (nSPS) is 15.3. The van der Waals surface area contributed by atoms with Crippen molar-refractivity contribution < 1.29 is 17.6 Å². The Morgan fingerprint density at radius 1 is 1.07 bits per heavy atom. The van der Waals surface area contributed by atoms with Crippen LogP contribution in [0.25, 0.3) is 0 Å². The van der Waals surface area contributed by atoms with Gasteiger partial charge in [0, 0.05) is 26.2 Å². The zero-order valence-electron chi connectivity index (χ0n) is 14.5. The van der Waals surface area contributed by atoms with Crippen molar-refractivity contribution in [1.29, 1.82) is 5.26 Å². The summed E-state index contributed by atoms with van der Waals surface area (Å²) in [5.41, 5.74) is 0.981. The van der Waals surface area contributed by atoms with Crippen LogP contribution < -0.4 is 0 Å². The maximum absolute atomic E-state index is 13.2. The van der Waals surface area contributed by atoms with E-state index < -0.39 is 15.8 Å². The van der Waals surface area contributed by atoms with Crippen LogP contribution in [0, 0.1) is 17.1 Å². The van der Waals surface area contributed by atoms with Gasteiger partial charge in [-0.2, -0.15) is 9.57 Å². The first-order chi connectivity index (χ1) is 12.9. The second kappa shape index (κ2) is 7.86. The Labute approximate surface area is 157 Å². The fraction of sp³-hybridized carbons (Fsp3) is 0.263. The third kappa shape index (κ3) is 4.32. The highest BCUT2D eigenvalue weighted by Crippen LogP contribution is 2.18. The fourth-order valence-corrected chi connectivity index (χ4v) is 4.38. The number of piperazine rings is 1. The number of carbonyl (C=O) groups excluding carboxylic acids is 1. The average Bonchev–Trinajstić information content (AvgIpc) is 2.68. The van der Waals surface area contributed by atoms with Gasteiger partial charge in [0.2, 0.25) is 15.9 Å². The molecule has 2 aromatic carbocycles. The van der Waals surface area contributed by atoms with E-state index in [-0.39, 0.29) is 43.4 Å². The molecule has 140 valence electrons. The first kappa shape index (κ1) is 19.0. The Bertz CT molecular complexity index is 976. The number of rotatable bonds is 4. The molecule has 2 aromatic rings. The van der Waals surface area contributed by atoms with Crippen LogP contribution in [0.4, 0.5) is 4.39 Å². The molecule has 0 aromatic heterocycles. The van der Waals surface area contributed by atoms with E-state index in [4.69, 9.17) is 5.26 Å². The third-order valence-electron chi connectivity index (χ3n) is 4.46. The van der Waals surface area contributed by atoms with E-state index >= 15 is 0 Å². The Hall–Kier alpha value is -2.76. The van der Waals surface area contributed by atoms with Crippen molar-refractivity contribution in [3.8, 4) is 6.07 Å². The van der Waals surface area contributed by atoms with Crippen LogP contribution in [-0.2, 0) is 21.2 Å². The molecule has 0 spiro atoms. The predicted molar refractivity (Wildman–Crippen MR) is 96.6 cm³/mol. The number of halogens is 1. The van der Waals surface area contributed by atoms with Crippen molar-refractivity contribution >= 4 is 15.9 Å². The van der Waals surface area contributed by atoms with Gasteiger partial charge in [0.15, 0.2) is 0 Å². The minimum absolute atomic E-state index is 0.0835. The highest BCUT2D eigenvalue weighted by molar-refractivity contribution is 7.89. The Balaban J connectivity index is 1.62. The number of carbonyl (C=O) groups is 1. The number of nitrogens with zero attached hydrogens (tertiary/aromatic N) is 3. The van der Waals surface area contributed by atoms with Crippen molar-refractivity contribution in [1.82, 2.24) is 9.21 Å². The van der Waals surface area contributed by atoms with Crippen LogP contribution >= 0.6 is 0 Å². The molecule has 6 nitrogen and oxygen atoms in total. The minimum atomic E-state index is -3.66. The number of hydrogen-bond acceptors (Lipinski definition) is 4. The maximum atomic E-state index is 13.2. The van der Waals surface area contributed by atoms with E-state index in [2.05, 4.69) is 0 Å². The summed E-state index contributed by atoms with van der Waals surface area (Å²) in [6.45, 7) is 0.946. The summed E-state index contributed by atoms with van der Waals surface area (Å²) in [6.07, 6.45) is 0.0835. The maximum Gasteiger partial charge on any atom is 0.243 e. The topological polar surface area (TPSA) is 81.5 Å². The van der Waals surface area contributed by atoms with E-state index in [9.17, 15) is 17.6 Å². The minimum Gasteiger partial charge on any atom is -0.340 e. The van der Waals surface area contributed by atoms with Gasteiger partial charge in [-0.3, -0.25) is 4.79 Å². The first-order valence-corrected chi connectivity index (χ1v) is 9.87. The van der Waals surface area contributed by atoms with E-state index in [1.807, 2.05) is 6.07 Å². The predicted octanol–water partition coefficient (Wildman–Crippen LogP) is 1.77. The molecule has 8 heteroatoms. The Kier molecular flexibility index (Phi) is 5.54. The molecule has 0 aliphatic carbocycles. The molecule has 0 bridgehead atoms. The zero-order chi connectivity index (χ0) is 19.4. The monoisotopic (exact) mass is 387 g/mol. The van der Waals surface area contributed by atoms with E-state index in [0.717, 1.165) is 0 Å². The lowest BCUT2D eigenvalue weighted by Crippen LogP contribution is -2.50. The van der Waals surface area contributed by atoms with Crippen LogP contribution in [-0.4, -0.2) is 49.7 Å². The molecule has 0 radical (unpaired) electrons. The Morgan fingerprint density at radius 2 is 1.74 bits per heavy atom. The van der Waals surface area contributed by atoms with Gasteiger partial charge in [0.05, 0.1) is 22.9 Å². The lowest BCUT2D eigenvalue weighted by atomic mass is 10.1.